The number of esters is 1. The Morgan fingerprint density at radius 2 is 1.82 bits per heavy atom. The maximum absolute atomic E-state index is 13.0. The second-order valence-electron chi connectivity index (χ2n) is 12.3. The lowest BCUT2D eigenvalue weighted by Gasteiger charge is -2.66. The maximum Gasteiger partial charge on any atom is 0.330 e. The van der Waals surface area contributed by atoms with Crippen LogP contribution in [-0.2, 0) is 14.3 Å². The molecule has 4 aliphatic carbocycles. The molecule has 0 amide bonds. The van der Waals surface area contributed by atoms with Crippen LogP contribution < -0.4 is 0 Å². The van der Waals surface area contributed by atoms with Crippen molar-refractivity contribution in [3.63, 3.8) is 0 Å². The Hall–Kier alpha value is -1.50. The first-order valence-corrected chi connectivity index (χ1v) is 12.9. The number of ether oxygens (including phenoxy) is 1. The molecule has 34 heavy (non-hydrogen) atoms. The summed E-state index contributed by atoms with van der Waals surface area (Å²) < 4.78 is 6.11. The van der Waals surface area contributed by atoms with E-state index in [1.807, 2.05) is 33.8 Å². The third-order valence-corrected chi connectivity index (χ3v) is 10.4. The van der Waals surface area contributed by atoms with Gasteiger partial charge in [-0.1, -0.05) is 44.9 Å². The van der Waals surface area contributed by atoms with Crippen molar-refractivity contribution in [1.29, 1.82) is 0 Å². The number of rotatable bonds is 4. The SMILES string of the molecule is CC(=O)[C@@H]1CC[C@@]2(O)[C@]1(C)[C@H](OC(=O)/C=C(\C)C(C)C)C[C@@H]1[C@@]3(C)CC[C@@H](O)CC3=CC[C@]12O. The molecular weight excluding hydrogens is 432 g/mol. The standard InChI is InChI=1S/C28H42O6/c1-16(2)17(3)13-24(31)34-23-15-22-25(5)10-8-20(30)14-19(25)7-11-27(22,32)28(33)12-9-21(18(4)29)26(23,28)6/h7,13,16,20-23,30,32-33H,8-12,14-15H2,1-6H3/b17-13+/t20-,21+,22-,23-,25+,26+,27+,28-/m1/s1. The van der Waals surface area contributed by atoms with Crippen molar-refractivity contribution in [1.82, 2.24) is 0 Å². The van der Waals surface area contributed by atoms with Gasteiger partial charge in [0.2, 0.25) is 0 Å². The average Bonchev–Trinajstić information content (AvgIpc) is 3.04. The zero-order chi connectivity index (χ0) is 25.3. The van der Waals surface area contributed by atoms with E-state index < -0.39 is 46.1 Å². The molecule has 190 valence electrons. The molecule has 4 rings (SSSR count). The van der Waals surface area contributed by atoms with Crippen LogP contribution in [0.4, 0.5) is 0 Å². The molecule has 0 aromatic rings. The first-order chi connectivity index (χ1) is 15.7. The molecule has 3 saturated carbocycles. The van der Waals surface area contributed by atoms with Gasteiger partial charge in [-0.05, 0) is 70.1 Å². The normalized spacial score (nSPS) is 46.3. The lowest BCUT2D eigenvalue weighted by molar-refractivity contribution is -0.299. The average molecular weight is 475 g/mol. The summed E-state index contributed by atoms with van der Waals surface area (Å²) in [7, 11) is 0. The van der Waals surface area contributed by atoms with Crippen LogP contribution in [0.2, 0.25) is 0 Å². The molecule has 0 heterocycles. The molecule has 0 aromatic heterocycles. The highest BCUT2D eigenvalue weighted by atomic mass is 16.5. The number of aliphatic hydroxyl groups is 3. The highest BCUT2D eigenvalue weighted by molar-refractivity contribution is 5.83. The second kappa shape index (κ2) is 8.28. The summed E-state index contributed by atoms with van der Waals surface area (Å²) in [4.78, 5) is 25.8. The minimum atomic E-state index is -1.57. The molecule has 0 unspecified atom stereocenters. The van der Waals surface area contributed by atoms with E-state index in [1.165, 1.54) is 13.0 Å². The first kappa shape index (κ1) is 25.6. The van der Waals surface area contributed by atoms with Gasteiger partial charge in [0.25, 0.3) is 0 Å². The summed E-state index contributed by atoms with van der Waals surface area (Å²) in [5.74, 6) is -1.15. The van der Waals surface area contributed by atoms with Gasteiger partial charge >= 0.3 is 5.97 Å². The summed E-state index contributed by atoms with van der Waals surface area (Å²) in [6, 6.07) is 0. The highest BCUT2D eigenvalue weighted by Crippen LogP contribution is 2.70. The Labute approximate surface area is 203 Å². The van der Waals surface area contributed by atoms with Crippen LogP contribution in [0.3, 0.4) is 0 Å². The van der Waals surface area contributed by atoms with Gasteiger partial charge in [-0.2, -0.15) is 0 Å². The number of ketones is 1. The summed E-state index contributed by atoms with van der Waals surface area (Å²) in [5, 5.41) is 35.0. The zero-order valence-corrected chi connectivity index (χ0v) is 21.6. The van der Waals surface area contributed by atoms with Crippen LogP contribution >= 0.6 is 0 Å². The first-order valence-electron chi connectivity index (χ1n) is 12.9. The van der Waals surface area contributed by atoms with E-state index in [0.29, 0.717) is 32.1 Å². The van der Waals surface area contributed by atoms with Crippen LogP contribution in [0.25, 0.3) is 0 Å². The van der Waals surface area contributed by atoms with Crippen LogP contribution in [0, 0.1) is 28.6 Å². The Morgan fingerprint density at radius 1 is 1.15 bits per heavy atom. The molecule has 0 bridgehead atoms. The minimum absolute atomic E-state index is 0.0468. The van der Waals surface area contributed by atoms with Gasteiger partial charge in [-0.3, -0.25) is 4.79 Å². The van der Waals surface area contributed by atoms with E-state index in [4.69, 9.17) is 4.74 Å². The Bertz CT molecular complexity index is 935. The van der Waals surface area contributed by atoms with E-state index in [9.17, 15) is 24.9 Å². The highest BCUT2D eigenvalue weighted by Gasteiger charge is 2.77. The van der Waals surface area contributed by atoms with Crippen LogP contribution in [0.15, 0.2) is 23.3 Å². The molecular formula is C28H42O6. The number of Topliss-reactive ketones (excluding diaryl/α,β-unsaturated/α-hetero) is 1. The van der Waals surface area contributed by atoms with E-state index in [0.717, 1.165) is 11.1 Å². The summed E-state index contributed by atoms with van der Waals surface area (Å²) in [6.07, 6.45) is 5.72. The van der Waals surface area contributed by atoms with Gasteiger partial charge in [-0.25, -0.2) is 4.79 Å². The van der Waals surface area contributed by atoms with Crippen molar-refractivity contribution in [2.45, 2.75) is 110 Å². The molecule has 8 atom stereocenters. The fourth-order valence-electron chi connectivity index (χ4n) is 7.96. The Balaban J connectivity index is 1.81. The van der Waals surface area contributed by atoms with Gasteiger partial charge in [0.15, 0.2) is 0 Å². The van der Waals surface area contributed by atoms with Crippen molar-refractivity contribution < 1.29 is 29.6 Å². The fourth-order valence-corrected chi connectivity index (χ4v) is 7.96. The monoisotopic (exact) mass is 474 g/mol. The number of allylic oxidation sites excluding steroid dienone is 1. The Morgan fingerprint density at radius 3 is 2.44 bits per heavy atom. The number of carbonyl (C=O) groups excluding carboxylic acids is 2. The third kappa shape index (κ3) is 3.39. The minimum Gasteiger partial charge on any atom is -0.458 e. The van der Waals surface area contributed by atoms with Crippen molar-refractivity contribution in [2.75, 3.05) is 0 Å². The molecule has 0 aromatic carbocycles. The van der Waals surface area contributed by atoms with Gasteiger partial charge in [-0.15, -0.1) is 0 Å². The number of aliphatic hydroxyl groups excluding tert-OH is 1. The number of hydrogen-bond acceptors (Lipinski definition) is 6. The molecule has 3 fully saturated rings. The van der Waals surface area contributed by atoms with Crippen LogP contribution in [-0.4, -0.2) is 50.5 Å². The molecule has 3 N–H and O–H groups in total. The number of hydrogen-bond donors (Lipinski definition) is 3. The molecule has 0 radical (unpaired) electrons. The van der Waals surface area contributed by atoms with Gasteiger partial charge in [0, 0.05) is 23.3 Å². The quantitative estimate of drug-likeness (QED) is 0.325. The van der Waals surface area contributed by atoms with Gasteiger partial charge < -0.3 is 20.1 Å². The van der Waals surface area contributed by atoms with Gasteiger partial charge in [0.05, 0.1) is 6.10 Å². The molecule has 6 nitrogen and oxygen atoms in total. The molecule has 0 saturated heterocycles. The molecule has 4 aliphatic rings. The van der Waals surface area contributed by atoms with Crippen molar-refractivity contribution in [3.8, 4) is 0 Å². The predicted molar refractivity (Wildman–Crippen MR) is 129 cm³/mol. The number of carbonyl (C=O) groups is 2. The van der Waals surface area contributed by atoms with E-state index in [-0.39, 0.29) is 30.5 Å². The molecule has 0 aliphatic heterocycles. The lowest BCUT2D eigenvalue weighted by Crippen LogP contribution is -2.75. The Kier molecular flexibility index (Phi) is 6.23. The smallest absolute Gasteiger partial charge is 0.330 e. The van der Waals surface area contributed by atoms with Crippen LogP contribution in [0.5, 0.6) is 0 Å². The lowest BCUT2D eigenvalue weighted by atomic mass is 9.43. The van der Waals surface area contributed by atoms with Crippen LogP contribution in [0.1, 0.15) is 86.5 Å². The zero-order valence-electron chi connectivity index (χ0n) is 21.6. The largest absolute Gasteiger partial charge is 0.458 e. The predicted octanol–water partition coefficient (Wildman–Crippen LogP) is 3.87. The van der Waals surface area contributed by atoms with Crippen molar-refractivity contribution >= 4 is 11.8 Å². The van der Waals surface area contributed by atoms with Crippen molar-refractivity contribution in [2.24, 2.45) is 28.6 Å². The second-order valence-corrected chi connectivity index (χ2v) is 12.3. The van der Waals surface area contributed by atoms with Crippen molar-refractivity contribution in [3.05, 3.63) is 23.3 Å². The third-order valence-electron chi connectivity index (χ3n) is 10.4. The van der Waals surface area contributed by atoms with E-state index in [1.54, 1.807) is 0 Å². The summed E-state index contributed by atoms with van der Waals surface area (Å²) in [5.41, 5.74) is -2.47. The van der Waals surface area contributed by atoms with Gasteiger partial charge in [0.1, 0.15) is 23.1 Å². The molecule has 6 heteroatoms. The van der Waals surface area contributed by atoms with E-state index >= 15 is 0 Å². The summed E-state index contributed by atoms with van der Waals surface area (Å²) in [6.45, 7) is 11.4. The topological polar surface area (TPSA) is 104 Å². The summed E-state index contributed by atoms with van der Waals surface area (Å²) >= 11 is 0. The molecule has 0 spiro atoms. The number of fused-ring (bicyclic) bond motifs is 5. The van der Waals surface area contributed by atoms with E-state index in [2.05, 4.69) is 6.92 Å². The fraction of sp³-hybridized carbons (Fsp3) is 0.786. The maximum atomic E-state index is 13.0.